The second-order valence-electron chi connectivity index (χ2n) is 6.11. The van der Waals surface area contributed by atoms with Crippen LogP contribution in [0.15, 0.2) is 0 Å². The van der Waals surface area contributed by atoms with Crippen LogP contribution in [-0.4, -0.2) is 33.8 Å². The Balaban J connectivity index is 2.74. The maximum absolute atomic E-state index is 12.2. The van der Waals surface area contributed by atoms with Gasteiger partial charge in [-0.15, -0.1) is 11.3 Å². The second-order valence-corrected chi connectivity index (χ2v) is 7.31. The number of anilines is 1. The molecule has 5 nitrogen and oxygen atoms in total. The molecule has 0 fully saturated rings. The van der Waals surface area contributed by atoms with Crippen LogP contribution in [0.3, 0.4) is 0 Å². The van der Waals surface area contributed by atoms with Crippen molar-refractivity contribution in [2.45, 2.75) is 59.9 Å². The number of amides is 2. The van der Waals surface area contributed by atoms with Gasteiger partial charge in [-0.3, -0.25) is 9.59 Å². The van der Waals surface area contributed by atoms with Gasteiger partial charge in [0.05, 0.1) is 5.69 Å². The van der Waals surface area contributed by atoms with Gasteiger partial charge in [0.2, 0.25) is 11.8 Å². The van der Waals surface area contributed by atoms with Crippen LogP contribution in [0.4, 0.5) is 5.13 Å². The average Bonchev–Trinajstić information content (AvgIpc) is 2.64. The van der Waals surface area contributed by atoms with E-state index >= 15 is 0 Å². The second kappa shape index (κ2) is 7.02. The topological polar surface area (TPSA) is 62.3 Å². The van der Waals surface area contributed by atoms with Gasteiger partial charge in [-0.1, -0.05) is 6.92 Å². The van der Waals surface area contributed by atoms with Gasteiger partial charge >= 0.3 is 0 Å². The SMILES string of the molecule is CCCC(=O)N(CC(=O)Nc1nc(C)c(C)s1)C(C)(C)C. The molecule has 2 amide bonds. The molecule has 0 saturated carbocycles. The number of carbonyl (C=O) groups excluding carboxylic acids is 2. The number of thiazole rings is 1. The number of aryl methyl sites for hydroxylation is 2. The zero-order valence-electron chi connectivity index (χ0n) is 13.7. The van der Waals surface area contributed by atoms with E-state index in [0.29, 0.717) is 11.6 Å². The third kappa shape index (κ3) is 5.12. The number of nitrogens with one attached hydrogen (secondary N) is 1. The Morgan fingerprint density at radius 3 is 2.33 bits per heavy atom. The van der Waals surface area contributed by atoms with Gasteiger partial charge in [0, 0.05) is 16.8 Å². The Labute approximate surface area is 130 Å². The van der Waals surface area contributed by atoms with Gasteiger partial charge < -0.3 is 10.2 Å². The van der Waals surface area contributed by atoms with Gasteiger partial charge in [-0.2, -0.15) is 0 Å². The summed E-state index contributed by atoms with van der Waals surface area (Å²) in [4.78, 5) is 31.3. The van der Waals surface area contributed by atoms with Gasteiger partial charge in [-0.25, -0.2) is 4.98 Å². The Morgan fingerprint density at radius 1 is 1.29 bits per heavy atom. The molecule has 0 unspecified atom stereocenters. The fourth-order valence-electron chi connectivity index (χ4n) is 1.88. The van der Waals surface area contributed by atoms with Gasteiger partial charge in [0.15, 0.2) is 5.13 Å². The van der Waals surface area contributed by atoms with Crippen LogP contribution >= 0.6 is 11.3 Å². The minimum atomic E-state index is -0.377. The van der Waals surface area contributed by atoms with Crippen LogP contribution in [0.1, 0.15) is 51.1 Å². The van der Waals surface area contributed by atoms with E-state index in [-0.39, 0.29) is 23.9 Å². The zero-order valence-corrected chi connectivity index (χ0v) is 14.6. The molecule has 1 N–H and O–H groups in total. The first kappa shape index (κ1) is 17.6. The molecule has 0 aliphatic carbocycles. The summed E-state index contributed by atoms with van der Waals surface area (Å²) in [6.45, 7) is 11.7. The monoisotopic (exact) mass is 311 g/mol. The third-order valence-electron chi connectivity index (χ3n) is 3.15. The molecule has 0 aliphatic rings. The van der Waals surface area contributed by atoms with Crippen LogP contribution in [0.5, 0.6) is 0 Å². The summed E-state index contributed by atoms with van der Waals surface area (Å²) in [5, 5.41) is 3.37. The summed E-state index contributed by atoms with van der Waals surface area (Å²) in [6, 6.07) is 0. The first-order chi connectivity index (χ1) is 9.65. The van der Waals surface area contributed by atoms with E-state index < -0.39 is 0 Å². The maximum Gasteiger partial charge on any atom is 0.245 e. The van der Waals surface area contributed by atoms with Crippen LogP contribution in [0.25, 0.3) is 0 Å². The van der Waals surface area contributed by atoms with E-state index in [1.807, 2.05) is 41.5 Å². The molecule has 6 heteroatoms. The first-order valence-electron chi connectivity index (χ1n) is 7.19. The zero-order chi connectivity index (χ0) is 16.2. The van der Waals surface area contributed by atoms with Crippen molar-refractivity contribution in [1.29, 1.82) is 0 Å². The molecule has 0 aromatic carbocycles. The largest absolute Gasteiger partial charge is 0.329 e. The highest BCUT2D eigenvalue weighted by atomic mass is 32.1. The number of rotatable bonds is 5. The summed E-state index contributed by atoms with van der Waals surface area (Å²) < 4.78 is 0. The standard InChI is InChI=1S/C15H25N3O2S/c1-7-8-13(20)18(15(4,5)6)9-12(19)17-14-16-10(2)11(3)21-14/h7-9H2,1-6H3,(H,16,17,19). The predicted octanol–water partition coefficient (Wildman–Crippen LogP) is 3.13. The highest BCUT2D eigenvalue weighted by molar-refractivity contribution is 7.15. The minimum Gasteiger partial charge on any atom is -0.329 e. The lowest BCUT2D eigenvalue weighted by Gasteiger charge is -2.35. The van der Waals surface area contributed by atoms with E-state index in [1.54, 1.807) is 4.90 Å². The van der Waals surface area contributed by atoms with Gasteiger partial charge in [0.1, 0.15) is 6.54 Å². The molecule has 0 aliphatic heterocycles. The van der Waals surface area contributed by atoms with Crippen molar-refractivity contribution in [3.8, 4) is 0 Å². The summed E-state index contributed by atoms with van der Waals surface area (Å²) in [7, 11) is 0. The van der Waals surface area contributed by atoms with E-state index in [0.717, 1.165) is 17.0 Å². The van der Waals surface area contributed by atoms with Gasteiger partial charge in [-0.05, 0) is 41.0 Å². The molecule has 0 radical (unpaired) electrons. The molecular formula is C15H25N3O2S. The number of hydrogen-bond donors (Lipinski definition) is 1. The van der Waals surface area contributed by atoms with Crippen LogP contribution < -0.4 is 5.32 Å². The lowest BCUT2D eigenvalue weighted by Crippen LogP contribution is -2.49. The third-order valence-corrected chi connectivity index (χ3v) is 4.14. The Kier molecular flexibility index (Phi) is 5.89. The minimum absolute atomic E-state index is 0.00616. The highest BCUT2D eigenvalue weighted by Crippen LogP contribution is 2.21. The number of aromatic nitrogens is 1. The van der Waals surface area contributed by atoms with Gasteiger partial charge in [0.25, 0.3) is 0 Å². The molecule has 0 spiro atoms. The quantitative estimate of drug-likeness (QED) is 0.908. The summed E-state index contributed by atoms with van der Waals surface area (Å²) in [6.07, 6.45) is 1.23. The molecular weight excluding hydrogens is 286 g/mol. The Bertz CT molecular complexity index is 498. The van der Waals surface area contributed by atoms with Crippen molar-refractivity contribution in [3.05, 3.63) is 10.6 Å². The molecule has 1 aromatic rings. The normalized spacial score (nSPS) is 11.3. The van der Waals surface area contributed by atoms with Crippen molar-refractivity contribution in [2.75, 3.05) is 11.9 Å². The maximum atomic E-state index is 12.2. The van der Waals surface area contributed by atoms with Crippen molar-refractivity contribution >= 4 is 28.3 Å². The lowest BCUT2D eigenvalue weighted by atomic mass is 10.0. The van der Waals surface area contributed by atoms with E-state index in [2.05, 4.69) is 10.3 Å². The highest BCUT2D eigenvalue weighted by Gasteiger charge is 2.28. The number of carbonyl (C=O) groups is 2. The molecule has 1 rings (SSSR count). The smallest absolute Gasteiger partial charge is 0.245 e. The lowest BCUT2D eigenvalue weighted by molar-refractivity contribution is -0.139. The molecule has 21 heavy (non-hydrogen) atoms. The van der Waals surface area contributed by atoms with Crippen LogP contribution in [0.2, 0.25) is 0 Å². The number of nitrogens with zero attached hydrogens (tertiary/aromatic N) is 2. The molecule has 0 atom stereocenters. The fourth-order valence-corrected chi connectivity index (χ4v) is 2.71. The van der Waals surface area contributed by atoms with Crippen molar-refractivity contribution in [1.82, 2.24) is 9.88 Å². The number of hydrogen-bond acceptors (Lipinski definition) is 4. The van der Waals surface area contributed by atoms with E-state index in [1.165, 1.54) is 11.3 Å². The molecule has 1 heterocycles. The molecule has 0 bridgehead atoms. The summed E-state index contributed by atoms with van der Waals surface area (Å²) in [5.41, 5.74) is 0.545. The molecule has 1 aromatic heterocycles. The molecule has 0 saturated heterocycles. The first-order valence-corrected chi connectivity index (χ1v) is 8.01. The average molecular weight is 311 g/mol. The molecule has 118 valence electrons. The van der Waals surface area contributed by atoms with Crippen LogP contribution in [0, 0.1) is 13.8 Å². The predicted molar refractivity (Wildman–Crippen MR) is 86.6 cm³/mol. The summed E-state index contributed by atoms with van der Waals surface area (Å²) >= 11 is 1.45. The Hall–Kier alpha value is -1.43. The van der Waals surface area contributed by atoms with E-state index in [4.69, 9.17) is 0 Å². The fraction of sp³-hybridized carbons (Fsp3) is 0.667. The summed E-state index contributed by atoms with van der Waals surface area (Å²) in [5.74, 6) is -0.199. The van der Waals surface area contributed by atoms with E-state index in [9.17, 15) is 9.59 Å². The Morgan fingerprint density at radius 2 is 1.90 bits per heavy atom. The van der Waals surface area contributed by atoms with Crippen LogP contribution in [-0.2, 0) is 9.59 Å². The van der Waals surface area contributed by atoms with Crippen molar-refractivity contribution in [3.63, 3.8) is 0 Å². The van der Waals surface area contributed by atoms with Crippen molar-refractivity contribution in [2.24, 2.45) is 0 Å². The van der Waals surface area contributed by atoms with Crippen molar-refractivity contribution < 1.29 is 9.59 Å².